The topological polar surface area (TPSA) is 30.0 Å². The van der Waals surface area contributed by atoms with Crippen molar-refractivity contribution in [2.45, 2.75) is 20.3 Å². The maximum Gasteiger partial charge on any atom is 0.151 e. The van der Waals surface area contributed by atoms with Crippen LogP contribution in [-0.4, -0.2) is 11.3 Å². The molecule has 0 saturated carbocycles. The number of halogens is 1. The number of benzene rings is 1. The SMILES string of the molecule is CC.O=Cc1cccnc1Cc1cccc(F)c1. The zero-order valence-corrected chi connectivity index (χ0v) is 10.6. The van der Waals surface area contributed by atoms with Crippen molar-refractivity contribution in [3.63, 3.8) is 0 Å². The van der Waals surface area contributed by atoms with Gasteiger partial charge in [0.05, 0.1) is 5.69 Å². The fraction of sp³-hybridized carbons (Fsp3) is 0.200. The van der Waals surface area contributed by atoms with Crippen LogP contribution in [0.25, 0.3) is 0 Å². The lowest BCUT2D eigenvalue weighted by Crippen LogP contribution is -1.97. The number of hydrogen-bond donors (Lipinski definition) is 0. The molecule has 94 valence electrons. The summed E-state index contributed by atoms with van der Waals surface area (Å²) in [5, 5.41) is 0. The lowest BCUT2D eigenvalue weighted by molar-refractivity contribution is 0.112. The highest BCUT2D eigenvalue weighted by molar-refractivity contribution is 5.76. The van der Waals surface area contributed by atoms with Gasteiger partial charge in [-0.2, -0.15) is 0 Å². The van der Waals surface area contributed by atoms with Crippen LogP contribution in [0.15, 0.2) is 42.6 Å². The van der Waals surface area contributed by atoms with E-state index in [0.717, 1.165) is 11.8 Å². The Labute approximate surface area is 107 Å². The minimum Gasteiger partial charge on any atom is -0.298 e. The van der Waals surface area contributed by atoms with Gasteiger partial charge in [0.15, 0.2) is 6.29 Å². The van der Waals surface area contributed by atoms with Crippen molar-refractivity contribution in [3.05, 3.63) is 65.2 Å². The first-order chi connectivity index (χ1) is 8.79. The largest absolute Gasteiger partial charge is 0.298 e. The molecule has 2 rings (SSSR count). The van der Waals surface area contributed by atoms with Gasteiger partial charge >= 0.3 is 0 Å². The van der Waals surface area contributed by atoms with E-state index in [4.69, 9.17) is 0 Å². The Balaban J connectivity index is 0.000000771. The molecule has 0 aliphatic rings. The number of pyridine rings is 1. The number of hydrogen-bond acceptors (Lipinski definition) is 2. The molecule has 1 heterocycles. The molecule has 0 spiro atoms. The molecular formula is C15H16FNO. The first kappa shape index (κ1) is 14.0. The van der Waals surface area contributed by atoms with Crippen LogP contribution in [0.2, 0.25) is 0 Å². The smallest absolute Gasteiger partial charge is 0.151 e. The lowest BCUT2D eigenvalue weighted by atomic mass is 10.1. The third kappa shape index (κ3) is 3.77. The van der Waals surface area contributed by atoms with E-state index in [2.05, 4.69) is 4.98 Å². The van der Waals surface area contributed by atoms with Crippen LogP contribution in [0.1, 0.15) is 35.5 Å². The van der Waals surface area contributed by atoms with Crippen LogP contribution in [0.3, 0.4) is 0 Å². The summed E-state index contributed by atoms with van der Waals surface area (Å²) in [5.41, 5.74) is 2.02. The predicted octanol–water partition coefficient (Wildman–Crippen LogP) is 3.65. The molecule has 0 aliphatic carbocycles. The summed E-state index contributed by atoms with van der Waals surface area (Å²) in [6, 6.07) is 9.71. The second kappa shape index (κ2) is 7.33. The molecule has 0 N–H and O–H groups in total. The Morgan fingerprint density at radius 1 is 1.22 bits per heavy atom. The molecule has 0 aliphatic heterocycles. The van der Waals surface area contributed by atoms with E-state index < -0.39 is 0 Å². The molecule has 0 saturated heterocycles. The molecule has 0 radical (unpaired) electrons. The highest BCUT2D eigenvalue weighted by Gasteiger charge is 2.04. The van der Waals surface area contributed by atoms with Crippen molar-refractivity contribution in [1.29, 1.82) is 0 Å². The maximum absolute atomic E-state index is 13.0. The molecule has 1 aromatic heterocycles. The van der Waals surface area contributed by atoms with Crippen molar-refractivity contribution in [2.75, 3.05) is 0 Å². The summed E-state index contributed by atoms with van der Waals surface area (Å²) in [5.74, 6) is -0.277. The van der Waals surface area contributed by atoms with E-state index in [-0.39, 0.29) is 5.82 Å². The molecule has 0 amide bonds. The summed E-state index contributed by atoms with van der Waals surface area (Å²) < 4.78 is 13.0. The van der Waals surface area contributed by atoms with Gasteiger partial charge in [-0.3, -0.25) is 9.78 Å². The Morgan fingerprint density at radius 2 is 2.00 bits per heavy atom. The Bertz CT molecular complexity index is 511. The molecule has 3 heteroatoms. The summed E-state index contributed by atoms with van der Waals surface area (Å²) in [7, 11) is 0. The fourth-order valence-electron chi connectivity index (χ4n) is 1.55. The fourth-order valence-corrected chi connectivity index (χ4v) is 1.55. The van der Waals surface area contributed by atoms with Crippen molar-refractivity contribution < 1.29 is 9.18 Å². The van der Waals surface area contributed by atoms with Crippen molar-refractivity contribution >= 4 is 6.29 Å². The normalized spacial score (nSPS) is 9.28. The van der Waals surface area contributed by atoms with Crippen molar-refractivity contribution in [1.82, 2.24) is 4.98 Å². The number of carbonyl (C=O) groups excluding carboxylic acids is 1. The molecule has 18 heavy (non-hydrogen) atoms. The molecular weight excluding hydrogens is 229 g/mol. The highest BCUT2D eigenvalue weighted by Crippen LogP contribution is 2.11. The van der Waals surface area contributed by atoms with Crippen LogP contribution in [0.5, 0.6) is 0 Å². The van der Waals surface area contributed by atoms with Gasteiger partial charge in [-0.25, -0.2) is 4.39 Å². The quantitative estimate of drug-likeness (QED) is 0.772. The highest BCUT2D eigenvalue weighted by atomic mass is 19.1. The first-order valence-corrected chi connectivity index (χ1v) is 5.93. The average Bonchev–Trinajstić information content (AvgIpc) is 2.42. The zero-order chi connectivity index (χ0) is 13.4. The minimum atomic E-state index is -0.277. The Kier molecular flexibility index (Phi) is 5.71. The second-order valence-corrected chi connectivity index (χ2v) is 3.46. The van der Waals surface area contributed by atoms with Gasteiger partial charge < -0.3 is 0 Å². The number of carbonyl (C=O) groups is 1. The van der Waals surface area contributed by atoms with E-state index in [1.165, 1.54) is 12.1 Å². The lowest BCUT2D eigenvalue weighted by Gasteiger charge is -2.03. The summed E-state index contributed by atoms with van der Waals surface area (Å²) in [4.78, 5) is 14.9. The van der Waals surface area contributed by atoms with E-state index in [9.17, 15) is 9.18 Å². The second-order valence-electron chi connectivity index (χ2n) is 3.46. The van der Waals surface area contributed by atoms with Crippen LogP contribution >= 0.6 is 0 Å². The van der Waals surface area contributed by atoms with E-state index in [0.29, 0.717) is 17.7 Å². The summed E-state index contributed by atoms with van der Waals surface area (Å²) in [6.07, 6.45) is 2.86. The Hall–Kier alpha value is -2.03. The summed E-state index contributed by atoms with van der Waals surface area (Å²) >= 11 is 0. The van der Waals surface area contributed by atoms with Crippen LogP contribution in [0.4, 0.5) is 4.39 Å². The zero-order valence-electron chi connectivity index (χ0n) is 10.6. The van der Waals surface area contributed by atoms with Crippen LogP contribution in [0, 0.1) is 5.82 Å². The van der Waals surface area contributed by atoms with Gasteiger partial charge in [0, 0.05) is 18.2 Å². The van der Waals surface area contributed by atoms with E-state index >= 15 is 0 Å². The molecule has 0 unspecified atom stereocenters. The molecule has 2 aromatic rings. The third-order valence-electron chi connectivity index (χ3n) is 2.31. The molecule has 0 bridgehead atoms. The number of aldehydes is 1. The van der Waals surface area contributed by atoms with Gasteiger partial charge in [-0.05, 0) is 29.8 Å². The van der Waals surface area contributed by atoms with Crippen LogP contribution < -0.4 is 0 Å². The Morgan fingerprint density at radius 3 is 2.67 bits per heavy atom. The monoisotopic (exact) mass is 245 g/mol. The molecule has 1 aromatic carbocycles. The van der Waals surface area contributed by atoms with E-state index in [1.807, 2.05) is 19.9 Å². The number of nitrogens with zero attached hydrogens (tertiary/aromatic N) is 1. The minimum absolute atomic E-state index is 0.277. The van der Waals surface area contributed by atoms with Crippen molar-refractivity contribution in [3.8, 4) is 0 Å². The maximum atomic E-state index is 13.0. The van der Waals surface area contributed by atoms with Gasteiger partial charge in [-0.1, -0.05) is 26.0 Å². The summed E-state index contributed by atoms with van der Waals surface area (Å²) in [6.45, 7) is 4.00. The van der Waals surface area contributed by atoms with Gasteiger partial charge in [0.2, 0.25) is 0 Å². The van der Waals surface area contributed by atoms with Crippen LogP contribution in [-0.2, 0) is 6.42 Å². The standard InChI is InChI=1S/C13H10FNO.C2H6/c14-12-5-1-3-10(7-12)8-13-11(9-16)4-2-6-15-13;1-2/h1-7,9H,8H2;1-2H3. The molecule has 2 nitrogen and oxygen atoms in total. The first-order valence-electron chi connectivity index (χ1n) is 5.93. The molecule has 0 fully saturated rings. The van der Waals surface area contributed by atoms with Gasteiger partial charge in [0.25, 0.3) is 0 Å². The predicted molar refractivity (Wildman–Crippen MR) is 70.2 cm³/mol. The van der Waals surface area contributed by atoms with E-state index in [1.54, 1.807) is 24.4 Å². The van der Waals surface area contributed by atoms with Gasteiger partial charge in [0.1, 0.15) is 5.82 Å². The third-order valence-corrected chi connectivity index (χ3v) is 2.31. The average molecular weight is 245 g/mol. The number of aromatic nitrogens is 1. The van der Waals surface area contributed by atoms with Crippen molar-refractivity contribution in [2.24, 2.45) is 0 Å². The molecule has 0 atom stereocenters. The number of rotatable bonds is 3. The van der Waals surface area contributed by atoms with Gasteiger partial charge in [-0.15, -0.1) is 0 Å².